The number of carboxylic acid groups (broad SMARTS) is 1. The summed E-state index contributed by atoms with van der Waals surface area (Å²) in [5, 5.41) is 9.50. The number of aromatic nitrogens is 2. The van der Waals surface area contributed by atoms with Crippen molar-refractivity contribution in [1.82, 2.24) is 9.55 Å². The van der Waals surface area contributed by atoms with Crippen LogP contribution in [0.3, 0.4) is 0 Å². The van der Waals surface area contributed by atoms with Crippen LogP contribution in [-0.4, -0.2) is 26.6 Å². The van der Waals surface area contributed by atoms with Crippen molar-refractivity contribution in [3.63, 3.8) is 0 Å². The zero-order valence-electron chi connectivity index (χ0n) is 20.4. The number of rotatable bonds is 7. The van der Waals surface area contributed by atoms with E-state index < -0.39 is 30.1 Å². The van der Waals surface area contributed by atoms with Gasteiger partial charge in [-0.3, -0.25) is 9.78 Å². The molecule has 0 aliphatic rings. The molecule has 0 amide bonds. The lowest BCUT2D eigenvalue weighted by atomic mass is 10.2. The van der Waals surface area contributed by atoms with Gasteiger partial charge in [0, 0.05) is 41.6 Å². The highest BCUT2D eigenvalue weighted by molar-refractivity contribution is 6.05. The van der Waals surface area contributed by atoms with Gasteiger partial charge in [0.25, 0.3) is 0 Å². The third-order valence-electron chi connectivity index (χ3n) is 4.46. The number of para-hydroxylation sites is 2. The minimum atomic E-state index is -0.960. The van der Waals surface area contributed by atoms with Crippen molar-refractivity contribution in [3.05, 3.63) is 72.4 Å². The highest BCUT2D eigenvalue weighted by atomic mass is 16.5. The van der Waals surface area contributed by atoms with Crippen LogP contribution < -0.4 is 4.74 Å². The third kappa shape index (κ3) is 3.96. The molecule has 0 unspecified atom stereocenters. The van der Waals surface area contributed by atoms with Gasteiger partial charge in [0.05, 0.1) is 12.4 Å². The Morgan fingerprint density at radius 3 is 2.83 bits per heavy atom. The fourth-order valence-corrected chi connectivity index (χ4v) is 3.11. The van der Waals surface area contributed by atoms with Gasteiger partial charge in [0.2, 0.25) is 0 Å². The first kappa shape index (κ1) is 13.5. The molecule has 2 aromatic heterocycles. The average molecular weight is 393 g/mol. The maximum Gasteiger partial charge on any atom is 0.345 e. The van der Waals surface area contributed by atoms with E-state index >= 15 is 0 Å². The van der Waals surface area contributed by atoms with Gasteiger partial charge in [-0.2, -0.15) is 0 Å². The summed E-state index contributed by atoms with van der Waals surface area (Å²) >= 11 is 0. The molecular formula is C23H20N2O4. The topological polar surface area (TPSA) is 81.4 Å². The molecule has 6 nitrogen and oxygen atoms in total. The standard InChI is InChI=1S/C23H20N2O4/c26-21(27)12-3-4-14-25-15-18(17-9-1-2-10-19(17)25)23(28)29-20-11-5-7-16-8-6-13-24-22(16)20/h1-2,5-11,13,15H,3-4,12,14H2,(H,26,27)/i1D,2D,9D,10D,15D. The lowest BCUT2D eigenvalue weighted by Gasteiger charge is -2.06. The van der Waals surface area contributed by atoms with Crippen molar-refractivity contribution < 1.29 is 26.3 Å². The van der Waals surface area contributed by atoms with Gasteiger partial charge in [-0.1, -0.05) is 36.3 Å². The van der Waals surface area contributed by atoms with E-state index in [-0.39, 0.29) is 47.4 Å². The van der Waals surface area contributed by atoms with E-state index in [2.05, 4.69) is 4.98 Å². The van der Waals surface area contributed by atoms with Gasteiger partial charge < -0.3 is 14.4 Å². The number of fused-ring (bicyclic) bond motifs is 2. The molecule has 0 bridgehead atoms. The molecule has 6 heteroatoms. The van der Waals surface area contributed by atoms with Crippen LogP contribution in [0.15, 0.2) is 66.9 Å². The number of benzene rings is 2. The van der Waals surface area contributed by atoms with Crippen LogP contribution in [-0.2, 0) is 11.3 Å². The van der Waals surface area contributed by atoms with E-state index in [1.165, 1.54) is 4.57 Å². The van der Waals surface area contributed by atoms with Gasteiger partial charge in [0.1, 0.15) is 5.52 Å². The highest BCUT2D eigenvalue weighted by Gasteiger charge is 2.18. The molecule has 0 aliphatic heterocycles. The minimum absolute atomic E-state index is 0.00863. The maximum absolute atomic E-state index is 13.3. The fraction of sp³-hybridized carbons (Fsp3) is 0.174. The average Bonchev–Trinajstić information content (AvgIpc) is 3.11. The van der Waals surface area contributed by atoms with E-state index in [1.807, 2.05) is 0 Å². The summed E-state index contributed by atoms with van der Waals surface area (Å²) in [6.45, 7) is 0.105. The number of esters is 1. The Bertz CT molecular complexity index is 1450. The Kier molecular flexibility index (Phi) is 3.79. The van der Waals surface area contributed by atoms with Gasteiger partial charge in [-0.05, 0) is 31.0 Å². The molecule has 29 heavy (non-hydrogen) atoms. The maximum atomic E-state index is 13.3. The van der Waals surface area contributed by atoms with Gasteiger partial charge >= 0.3 is 11.9 Å². The number of aryl methyl sites for hydroxylation is 1. The molecule has 2 aromatic carbocycles. The first-order chi connectivity index (χ1) is 16.2. The number of carbonyl (C=O) groups is 2. The summed E-state index contributed by atoms with van der Waals surface area (Å²) in [6, 6.07) is 6.74. The van der Waals surface area contributed by atoms with E-state index in [4.69, 9.17) is 16.7 Å². The molecular weight excluding hydrogens is 368 g/mol. The third-order valence-corrected chi connectivity index (χ3v) is 4.46. The van der Waals surface area contributed by atoms with Crippen LogP contribution in [0, 0.1) is 0 Å². The van der Waals surface area contributed by atoms with Gasteiger partial charge in [0.15, 0.2) is 5.75 Å². The molecule has 0 saturated heterocycles. The molecule has 2 heterocycles. The fourth-order valence-electron chi connectivity index (χ4n) is 3.11. The zero-order valence-corrected chi connectivity index (χ0v) is 15.4. The summed E-state index contributed by atoms with van der Waals surface area (Å²) < 4.78 is 48.3. The van der Waals surface area contributed by atoms with Crippen molar-refractivity contribution >= 4 is 33.7 Å². The Hall–Kier alpha value is -3.67. The molecule has 4 aromatic rings. The van der Waals surface area contributed by atoms with Crippen LogP contribution in [0.2, 0.25) is 0 Å². The smallest absolute Gasteiger partial charge is 0.345 e. The number of hydrogen-bond acceptors (Lipinski definition) is 4. The van der Waals surface area contributed by atoms with Crippen molar-refractivity contribution in [2.75, 3.05) is 0 Å². The first-order valence-electron chi connectivity index (χ1n) is 11.6. The van der Waals surface area contributed by atoms with Crippen LogP contribution in [0.25, 0.3) is 21.8 Å². The second-order valence-corrected chi connectivity index (χ2v) is 6.43. The number of unbranched alkanes of at least 4 members (excludes halogenated alkanes) is 1. The number of nitrogens with zero attached hydrogens (tertiary/aromatic N) is 2. The summed E-state index contributed by atoms with van der Waals surface area (Å²) in [5.41, 5.74) is 0.159. The van der Waals surface area contributed by atoms with E-state index in [0.717, 1.165) is 5.39 Å². The lowest BCUT2D eigenvalue weighted by molar-refractivity contribution is -0.137. The molecule has 0 atom stereocenters. The van der Waals surface area contributed by atoms with Crippen molar-refractivity contribution in [2.24, 2.45) is 0 Å². The molecule has 1 N–H and O–H groups in total. The summed E-state index contributed by atoms with van der Waals surface area (Å²) in [6.07, 6.45) is 1.80. The molecule has 0 spiro atoms. The second kappa shape index (κ2) is 8.14. The summed E-state index contributed by atoms with van der Waals surface area (Å²) in [5.74, 6) is -1.74. The largest absolute Gasteiger partial charge is 0.481 e. The van der Waals surface area contributed by atoms with Crippen molar-refractivity contribution in [1.29, 1.82) is 0 Å². The number of pyridine rings is 1. The molecule has 0 radical (unpaired) electrons. The Labute approximate surface area is 174 Å². The first-order valence-corrected chi connectivity index (χ1v) is 9.09. The summed E-state index contributed by atoms with van der Waals surface area (Å²) in [4.78, 5) is 28.3. The zero-order chi connectivity index (χ0) is 24.6. The number of carbonyl (C=O) groups excluding carboxylic acids is 1. The Morgan fingerprint density at radius 2 is 1.97 bits per heavy atom. The Balaban J connectivity index is 1.83. The lowest BCUT2D eigenvalue weighted by Crippen LogP contribution is -2.08. The van der Waals surface area contributed by atoms with E-state index in [1.54, 1.807) is 36.5 Å². The molecule has 0 aliphatic carbocycles. The van der Waals surface area contributed by atoms with Gasteiger partial charge in [-0.15, -0.1) is 0 Å². The van der Waals surface area contributed by atoms with Gasteiger partial charge in [-0.25, -0.2) is 4.79 Å². The van der Waals surface area contributed by atoms with Crippen LogP contribution >= 0.6 is 0 Å². The van der Waals surface area contributed by atoms with Crippen LogP contribution in [0.5, 0.6) is 5.75 Å². The number of carboxylic acids is 1. The van der Waals surface area contributed by atoms with Crippen molar-refractivity contribution in [3.8, 4) is 5.75 Å². The molecule has 0 fully saturated rings. The van der Waals surface area contributed by atoms with Crippen LogP contribution in [0.4, 0.5) is 0 Å². The van der Waals surface area contributed by atoms with Crippen LogP contribution in [0.1, 0.15) is 36.5 Å². The highest BCUT2D eigenvalue weighted by Crippen LogP contribution is 2.27. The number of hydrogen-bond donors (Lipinski definition) is 1. The molecule has 4 rings (SSSR count). The number of ether oxygens (including phenoxy) is 1. The van der Waals surface area contributed by atoms with E-state index in [9.17, 15) is 9.59 Å². The van der Waals surface area contributed by atoms with E-state index in [0.29, 0.717) is 18.4 Å². The second-order valence-electron chi connectivity index (χ2n) is 6.43. The van der Waals surface area contributed by atoms with Crippen molar-refractivity contribution in [2.45, 2.75) is 25.8 Å². The molecule has 0 saturated carbocycles. The normalized spacial score (nSPS) is 13.4. The predicted molar refractivity (Wildman–Crippen MR) is 110 cm³/mol. The predicted octanol–water partition coefficient (Wildman–Crippen LogP) is 4.66. The quantitative estimate of drug-likeness (QED) is 0.280. The summed E-state index contributed by atoms with van der Waals surface area (Å²) in [7, 11) is 0. The molecule has 146 valence electrons. The Morgan fingerprint density at radius 1 is 1.14 bits per heavy atom. The monoisotopic (exact) mass is 393 g/mol. The minimum Gasteiger partial charge on any atom is -0.481 e. The SMILES string of the molecule is [2H]c1c([2H])c([2H])c2c(c1[2H])c(C(=O)Oc1cccc3cccnc13)c([2H])n2CCCCC(=O)O. The number of aliphatic carboxylic acids is 1.